The molecule has 0 aliphatic rings. The van der Waals surface area contributed by atoms with E-state index in [4.69, 9.17) is 0 Å². The van der Waals surface area contributed by atoms with Gasteiger partial charge in [-0.2, -0.15) is 0 Å². The van der Waals surface area contributed by atoms with Crippen LogP contribution in [0.25, 0.3) is 0 Å². The SMILES string of the molecule is CCCNCC(=O)NC(CC(C)C)c1ccccc1. The first kappa shape index (κ1) is 15.7. The van der Waals surface area contributed by atoms with Gasteiger partial charge in [-0.1, -0.05) is 51.1 Å². The molecule has 1 aromatic carbocycles. The van der Waals surface area contributed by atoms with E-state index >= 15 is 0 Å². The third kappa shape index (κ3) is 6.39. The van der Waals surface area contributed by atoms with Crippen molar-refractivity contribution in [2.75, 3.05) is 13.1 Å². The normalized spacial score (nSPS) is 12.4. The fourth-order valence-electron chi connectivity index (χ4n) is 2.06. The lowest BCUT2D eigenvalue weighted by Crippen LogP contribution is -2.37. The summed E-state index contributed by atoms with van der Waals surface area (Å²) in [5.41, 5.74) is 1.18. The largest absolute Gasteiger partial charge is 0.348 e. The first-order valence-corrected chi connectivity index (χ1v) is 7.18. The number of amides is 1. The van der Waals surface area contributed by atoms with Gasteiger partial charge >= 0.3 is 0 Å². The summed E-state index contributed by atoms with van der Waals surface area (Å²) in [7, 11) is 0. The molecule has 0 fully saturated rings. The molecule has 1 aromatic rings. The van der Waals surface area contributed by atoms with Gasteiger partial charge < -0.3 is 10.6 Å². The molecule has 1 amide bonds. The molecule has 0 saturated carbocycles. The lowest BCUT2D eigenvalue weighted by molar-refractivity contribution is -0.121. The Morgan fingerprint density at radius 3 is 2.47 bits per heavy atom. The molecule has 0 aromatic heterocycles. The average molecular weight is 262 g/mol. The molecule has 3 nitrogen and oxygen atoms in total. The molecular weight excluding hydrogens is 236 g/mol. The van der Waals surface area contributed by atoms with Crippen LogP contribution in [0.2, 0.25) is 0 Å². The molecule has 2 N–H and O–H groups in total. The summed E-state index contributed by atoms with van der Waals surface area (Å²) in [4.78, 5) is 11.9. The molecule has 1 atom stereocenters. The molecule has 0 aliphatic carbocycles. The van der Waals surface area contributed by atoms with Crippen LogP contribution in [0.5, 0.6) is 0 Å². The second kappa shape index (κ2) is 8.70. The van der Waals surface area contributed by atoms with Crippen molar-refractivity contribution >= 4 is 5.91 Å². The first-order valence-electron chi connectivity index (χ1n) is 7.18. The van der Waals surface area contributed by atoms with E-state index in [0.717, 1.165) is 19.4 Å². The summed E-state index contributed by atoms with van der Waals surface area (Å²) in [6.07, 6.45) is 2.00. The van der Waals surface area contributed by atoms with Crippen LogP contribution < -0.4 is 10.6 Å². The van der Waals surface area contributed by atoms with Crippen LogP contribution in [0.1, 0.15) is 45.2 Å². The van der Waals surface area contributed by atoms with Gasteiger partial charge in [0.25, 0.3) is 0 Å². The maximum absolute atomic E-state index is 11.9. The van der Waals surface area contributed by atoms with Crippen LogP contribution in [-0.4, -0.2) is 19.0 Å². The molecule has 19 heavy (non-hydrogen) atoms. The molecule has 3 heteroatoms. The highest BCUT2D eigenvalue weighted by Crippen LogP contribution is 2.20. The highest BCUT2D eigenvalue weighted by molar-refractivity contribution is 5.78. The Labute approximate surface area is 116 Å². The zero-order valence-corrected chi connectivity index (χ0v) is 12.3. The highest BCUT2D eigenvalue weighted by Gasteiger charge is 2.15. The van der Waals surface area contributed by atoms with Gasteiger partial charge in [0, 0.05) is 0 Å². The molecule has 1 rings (SSSR count). The number of benzene rings is 1. The van der Waals surface area contributed by atoms with E-state index in [9.17, 15) is 4.79 Å². The predicted molar refractivity (Wildman–Crippen MR) is 79.9 cm³/mol. The maximum Gasteiger partial charge on any atom is 0.234 e. The van der Waals surface area contributed by atoms with Crippen molar-refractivity contribution < 1.29 is 4.79 Å². The summed E-state index contributed by atoms with van der Waals surface area (Å²) < 4.78 is 0. The van der Waals surface area contributed by atoms with Gasteiger partial charge in [0.2, 0.25) is 5.91 Å². The summed E-state index contributed by atoms with van der Waals surface area (Å²) >= 11 is 0. The Balaban J connectivity index is 2.57. The number of hydrogen-bond donors (Lipinski definition) is 2. The molecule has 0 aliphatic heterocycles. The van der Waals surface area contributed by atoms with Crippen molar-refractivity contribution in [3.63, 3.8) is 0 Å². The predicted octanol–water partition coefficient (Wildman–Crippen LogP) is 2.89. The lowest BCUT2D eigenvalue weighted by Gasteiger charge is -2.21. The van der Waals surface area contributed by atoms with E-state index < -0.39 is 0 Å². The van der Waals surface area contributed by atoms with Gasteiger partial charge in [0.1, 0.15) is 0 Å². The smallest absolute Gasteiger partial charge is 0.234 e. The Bertz CT molecular complexity index is 362. The van der Waals surface area contributed by atoms with E-state index in [1.807, 2.05) is 18.2 Å². The van der Waals surface area contributed by atoms with Gasteiger partial charge in [-0.3, -0.25) is 4.79 Å². The second-order valence-corrected chi connectivity index (χ2v) is 5.34. The fourth-order valence-corrected chi connectivity index (χ4v) is 2.06. The van der Waals surface area contributed by atoms with Crippen LogP contribution in [0, 0.1) is 5.92 Å². The first-order chi connectivity index (χ1) is 9.13. The Kier molecular flexibility index (Phi) is 7.19. The van der Waals surface area contributed by atoms with Crippen molar-refractivity contribution in [1.29, 1.82) is 0 Å². The summed E-state index contributed by atoms with van der Waals surface area (Å²) in [6, 6.07) is 10.3. The van der Waals surface area contributed by atoms with Crippen LogP contribution in [0.15, 0.2) is 30.3 Å². The minimum Gasteiger partial charge on any atom is -0.348 e. The van der Waals surface area contributed by atoms with E-state index in [2.05, 4.69) is 43.5 Å². The summed E-state index contributed by atoms with van der Waals surface area (Å²) in [5, 5.41) is 6.26. The Morgan fingerprint density at radius 1 is 1.21 bits per heavy atom. The molecule has 0 spiro atoms. The van der Waals surface area contributed by atoms with Gasteiger partial charge in [0.05, 0.1) is 12.6 Å². The Hall–Kier alpha value is -1.35. The van der Waals surface area contributed by atoms with Crippen molar-refractivity contribution in [2.45, 2.75) is 39.7 Å². The van der Waals surface area contributed by atoms with Crippen LogP contribution in [-0.2, 0) is 4.79 Å². The molecule has 106 valence electrons. The van der Waals surface area contributed by atoms with Gasteiger partial charge in [0.15, 0.2) is 0 Å². The van der Waals surface area contributed by atoms with E-state index in [0.29, 0.717) is 12.5 Å². The lowest BCUT2D eigenvalue weighted by atomic mass is 9.97. The van der Waals surface area contributed by atoms with E-state index in [-0.39, 0.29) is 11.9 Å². The zero-order chi connectivity index (χ0) is 14.1. The van der Waals surface area contributed by atoms with Crippen molar-refractivity contribution in [1.82, 2.24) is 10.6 Å². The standard InChI is InChI=1S/C16H26N2O/c1-4-10-17-12-16(19)18-15(11-13(2)3)14-8-6-5-7-9-14/h5-9,13,15,17H,4,10-12H2,1-3H3,(H,18,19). The number of carbonyl (C=O) groups excluding carboxylic acids is 1. The zero-order valence-electron chi connectivity index (χ0n) is 12.3. The second-order valence-electron chi connectivity index (χ2n) is 5.34. The molecule has 1 unspecified atom stereocenters. The van der Waals surface area contributed by atoms with Gasteiger partial charge in [-0.15, -0.1) is 0 Å². The topological polar surface area (TPSA) is 41.1 Å². The quantitative estimate of drug-likeness (QED) is 0.707. The number of nitrogens with one attached hydrogen (secondary N) is 2. The number of carbonyl (C=O) groups is 1. The van der Waals surface area contributed by atoms with Crippen molar-refractivity contribution in [2.24, 2.45) is 5.92 Å². The van der Waals surface area contributed by atoms with Gasteiger partial charge in [-0.05, 0) is 30.9 Å². The minimum atomic E-state index is 0.0722. The maximum atomic E-state index is 11.9. The van der Waals surface area contributed by atoms with Crippen molar-refractivity contribution in [3.8, 4) is 0 Å². The minimum absolute atomic E-state index is 0.0722. The van der Waals surface area contributed by atoms with E-state index in [1.54, 1.807) is 0 Å². The molecular formula is C16H26N2O. The Morgan fingerprint density at radius 2 is 1.89 bits per heavy atom. The monoisotopic (exact) mass is 262 g/mol. The van der Waals surface area contributed by atoms with E-state index in [1.165, 1.54) is 5.56 Å². The van der Waals surface area contributed by atoms with Crippen molar-refractivity contribution in [3.05, 3.63) is 35.9 Å². The molecule has 0 radical (unpaired) electrons. The average Bonchev–Trinajstić information content (AvgIpc) is 2.39. The molecule has 0 heterocycles. The van der Waals surface area contributed by atoms with Crippen LogP contribution in [0.3, 0.4) is 0 Å². The third-order valence-corrected chi connectivity index (χ3v) is 2.96. The number of hydrogen-bond acceptors (Lipinski definition) is 2. The highest BCUT2D eigenvalue weighted by atomic mass is 16.1. The van der Waals surface area contributed by atoms with Crippen LogP contribution >= 0.6 is 0 Å². The number of rotatable bonds is 8. The molecule has 0 saturated heterocycles. The van der Waals surface area contributed by atoms with Gasteiger partial charge in [-0.25, -0.2) is 0 Å². The summed E-state index contributed by atoms with van der Waals surface area (Å²) in [6.45, 7) is 7.73. The summed E-state index contributed by atoms with van der Waals surface area (Å²) in [5.74, 6) is 0.622. The fraction of sp³-hybridized carbons (Fsp3) is 0.562. The molecule has 0 bridgehead atoms. The van der Waals surface area contributed by atoms with Crippen LogP contribution in [0.4, 0.5) is 0 Å². The third-order valence-electron chi connectivity index (χ3n) is 2.96.